The maximum Gasteiger partial charge on any atom is 0.234 e. The molecule has 0 saturated heterocycles. The van der Waals surface area contributed by atoms with Crippen molar-refractivity contribution in [1.82, 2.24) is 9.03 Å². The van der Waals surface area contributed by atoms with Gasteiger partial charge in [-0.15, -0.1) is 6.58 Å². The fourth-order valence-electron chi connectivity index (χ4n) is 0.989. The fourth-order valence-corrected chi connectivity index (χ4v) is 1.41. The molecule has 1 saturated carbocycles. The first-order chi connectivity index (χ1) is 5.65. The minimum Gasteiger partial charge on any atom is -0.287 e. The largest absolute Gasteiger partial charge is 0.287 e. The fraction of sp³-hybridized carbons (Fsp3) is 0.625. The van der Waals surface area contributed by atoms with Crippen molar-refractivity contribution in [3.05, 3.63) is 12.7 Å². The van der Waals surface area contributed by atoms with Crippen molar-refractivity contribution < 1.29 is 4.79 Å². The quantitative estimate of drug-likeness (QED) is 0.526. The van der Waals surface area contributed by atoms with Crippen molar-refractivity contribution in [3.8, 4) is 0 Å². The lowest BCUT2D eigenvalue weighted by molar-refractivity contribution is -0.120. The Morgan fingerprint density at radius 2 is 2.42 bits per heavy atom. The molecule has 1 fully saturated rings. The number of nitrogens with one attached hydrogen (secondary N) is 1. The van der Waals surface area contributed by atoms with Gasteiger partial charge in [0.1, 0.15) is 0 Å². The van der Waals surface area contributed by atoms with E-state index in [1.54, 1.807) is 0 Å². The monoisotopic (exact) mass is 186 g/mol. The van der Waals surface area contributed by atoms with Crippen LogP contribution in [0.1, 0.15) is 6.42 Å². The summed E-state index contributed by atoms with van der Waals surface area (Å²) in [4.78, 5) is 11.3. The highest BCUT2D eigenvalue weighted by atomic mass is 32.2. The molecule has 12 heavy (non-hydrogen) atoms. The van der Waals surface area contributed by atoms with Crippen LogP contribution in [-0.2, 0) is 4.79 Å². The summed E-state index contributed by atoms with van der Waals surface area (Å²) in [5.41, 5.74) is 0. The molecule has 0 heterocycles. The van der Waals surface area contributed by atoms with Gasteiger partial charge in [-0.2, -0.15) is 0 Å². The highest BCUT2D eigenvalue weighted by Gasteiger charge is 2.40. The van der Waals surface area contributed by atoms with E-state index >= 15 is 0 Å². The van der Waals surface area contributed by atoms with Crippen molar-refractivity contribution in [2.45, 2.75) is 6.42 Å². The Kier molecular flexibility index (Phi) is 3.17. The van der Waals surface area contributed by atoms with Gasteiger partial charge in [0.2, 0.25) is 5.91 Å². The lowest BCUT2D eigenvalue weighted by Crippen LogP contribution is -2.22. The average molecular weight is 186 g/mol. The second-order valence-corrected chi connectivity index (χ2v) is 4.23. The van der Waals surface area contributed by atoms with Gasteiger partial charge in [-0.25, -0.2) is 4.31 Å². The summed E-state index contributed by atoms with van der Waals surface area (Å²) < 4.78 is 4.61. The topological polar surface area (TPSA) is 32.3 Å². The minimum atomic E-state index is 0.124. The summed E-state index contributed by atoms with van der Waals surface area (Å²) in [7, 11) is 3.78. The van der Waals surface area contributed by atoms with Crippen molar-refractivity contribution in [3.63, 3.8) is 0 Å². The van der Waals surface area contributed by atoms with Crippen molar-refractivity contribution in [2.24, 2.45) is 11.8 Å². The normalized spacial score (nSPS) is 26.9. The number of hydrogen-bond donors (Lipinski definition) is 1. The summed E-state index contributed by atoms with van der Waals surface area (Å²) in [5.74, 6) is 0.710. The highest BCUT2D eigenvalue weighted by Crippen LogP contribution is 2.39. The Labute approximate surface area is 77.5 Å². The molecular weight excluding hydrogens is 172 g/mol. The van der Waals surface area contributed by atoms with E-state index in [-0.39, 0.29) is 11.8 Å². The minimum absolute atomic E-state index is 0.124. The molecule has 0 aromatic heterocycles. The van der Waals surface area contributed by atoms with Crippen molar-refractivity contribution >= 4 is 18.0 Å². The summed E-state index contributed by atoms with van der Waals surface area (Å²) in [6, 6.07) is 0. The number of carbonyl (C=O) groups excluding carboxylic acids is 1. The van der Waals surface area contributed by atoms with Crippen LogP contribution in [0.2, 0.25) is 0 Å². The van der Waals surface area contributed by atoms with E-state index in [0.717, 1.165) is 6.42 Å². The maximum absolute atomic E-state index is 11.3. The average Bonchev–Trinajstić information content (AvgIpc) is 2.78. The number of allylic oxidation sites excluding steroid dienone is 1. The number of carbonyl (C=O) groups is 1. The van der Waals surface area contributed by atoms with Gasteiger partial charge in [0.05, 0.1) is 0 Å². The van der Waals surface area contributed by atoms with E-state index < -0.39 is 0 Å². The molecule has 0 aliphatic heterocycles. The van der Waals surface area contributed by atoms with Crippen LogP contribution < -0.4 is 4.72 Å². The van der Waals surface area contributed by atoms with Gasteiger partial charge in [0, 0.05) is 18.1 Å². The molecule has 68 valence electrons. The number of amides is 1. The number of rotatable bonds is 4. The van der Waals surface area contributed by atoms with Crippen LogP contribution in [0.15, 0.2) is 12.7 Å². The van der Waals surface area contributed by atoms with Crippen LogP contribution in [-0.4, -0.2) is 24.3 Å². The van der Waals surface area contributed by atoms with Crippen LogP contribution in [0.5, 0.6) is 0 Å². The molecule has 1 N–H and O–H groups in total. The molecule has 1 aliphatic carbocycles. The molecule has 0 spiro atoms. The van der Waals surface area contributed by atoms with Gasteiger partial charge in [-0.05, 0) is 26.4 Å². The van der Waals surface area contributed by atoms with Crippen LogP contribution in [0.25, 0.3) is 0 Å². The highest BCUT2D eigenvalue weighted by molar-refractivity contribution is 7.95. The van der Waals surface area contributed by atoms with E-state index in [9.17, 15) is 4.79 Å². The maximum atomic E-state index is 11.3. The van der Waals surface area contributed by atoms with Crippen LogP contribution in [0.3, 0.4) is 0 Å². The van der Waals surface area contributed by atoms with E-state index in [2.05, 4.69) is 11.3 Å². The lowest BCUT2D eigenvalue weighted by atomic mass is 10.3. The van der Waals surface area contributed by atoms with E-state index in [0.29, 0.717) is 5.92 Å². The first kappa shape index (κ1) is 9.61. The summed E-state index contributed by atoms with van der Waals surface area (Å²) in [6.45, 7) is 3.65. The zero-order chi connectivity index (χ0) is 9.14. The first-order valence-corrected chi connectivity index (χ1v) is 4.69. The molecule has 1 amide bonds. The van der Waals surface area contributed by atoms with E-state index in [1.165, 1.54) is 12.1 Å². The predicted octanol–water partition coefficient (Wildman–Crippen LogP) is 1.05. The number of hydrogen-bond acceptors (Lipinski definition) is 3. The van der Waals surface area contributed by atoms with Gasteiger partial charge in [0.15, 0.2) is 0 Å². The molecule has 2 atom stereocenters. The first-order valence-electron chi connectivity index (χ1n) is 3.92. The molecule has 0 aromatic carbocycles. The van der Waals surface area contributed by atoms with Gasteiger partial charge in [-0.1, -0.05) is 6.08 Å². The van der Waals surface area contributed by atoms with Gasteiger partial charge in [0.25, 0.3) is 0 Å². The van der Waals surface area contributed by atoms with Crippen LogP contribution in [0, 0.1) is 11.8 Å². The van der Waals surface area contributed by atoms with Crippen LogP contribution in [0.4, 0.5) is 0 Å². The molecule has 0 radical (unpaired) electrons. The SMILES string of the molecule is C=CC1CC1C(=O)NSN(C)C. The molecule has 3 nitrogen and oxygen atoms in total. The third-order valence-electron chi connectivity index (χ3n) is 1.81. The zero-order valence-corrected chi connectivity index (χ0v) is 8.23. The summed E-state index contributed by atoms with van der Waals surface area (Å²) >= 11 is 1.32. The Balaban J connectivity index is 2.18. The van der Waals surface area contributed by atoms with Crippen LogP contribution >= 0.6 is 12.1 Å². The van der Waals surface area contributed by atoms with E-state index in [1.807, 2.05) is 24.5 Å². The van der Waals surface area contributed by atoms with Gasteiger partial charge < -0.3 is 0 Å². The lowest BCUT2D eigenvalue weighted by Gasteiger charge is -2.08. The zero-order valence-electron chi connectivity index (χ0n) is 7.41. The Bertz CT molecular complexity index is 193. The molecule has 4 heteroatoms. The molecule has 1 aliphatic rings. The summed E-state index contributed by atoms with van der Waals surface area (Å²) in [5, 5.41) is 0. The van der Waals surface area contributed by atoms with Gasteiger partial charge >= 0.3 is 0 Å². The Hall–Kier alpha value is -0.480. The van der Waals surface area contributed by atoms with Crippen molar-refractivity contribution in [1.29, 1.82) is 0 Å². The Morgan fingerprint density at radius 3 is 2.83 bits per heavy atom. The molecule has 1 rings (SSSR count). The van der Waals surface area contributed by atoms with E-state index in [4.69, 9.17) is 0 Å². The van der Waals surface area contributed by atoms with Crippen molar-refractivity contribution in [2.75, 3.05) is 14.1 Å². The summed E-state index contributed by atoms with van der Waals surface area (Å²) in [6.07, 6.45) is 2.81. The Morgan fingerprint density at radius 1 is 1.75 bits per heavy atom. The third-order valence-corrected chi connectivity index (χ3v) is 2.47. The van der Waals surface area contributed by atoms with Gasteiger partial charge in [-0.3, -0.25) is 9.52 Å². The second kappa shape index (κ2) is 3.96. The second-order valence-electron chi connectivity index (χ2n) is 3.11. The molecule has 0 aromatic rings. The third kappa shape index (κ3) is 2.53. The molecule has 0 bridgehead atoms. The number of nitrogens with zero attached hydrogens (tertiary/aromatic N) is 1. The molecular formula is C8H14N2OS. The smallest absolute Gasteiger partial charge is 0.234 e. The predicted molar refractivity (Wildman–Crippen MR) is 51.2 cm³/mol. The standard InChI is InChI=1S/C8H14N2OS/c1-4-6-5-7(6)8(11)9-12-10(2)3/h4,6-7H,1,5H2,2-3H3,(H,9,11). The molecule has 2 unspecified atom stereocenters.